The summed E-state index contributed by atoms with van der Waals surface area (Å²) in [5.74, 6) is 1.44. The van der Waals surface area contributed by atoms with Gasteiger partial charge in [0.15, 0.2) is 0 Å². The second-order valence-electron chi connectivity index (χ2n) is 6.70. The summed E-state index contributed by atoms with van der Waals surface area (Å²) in [5.41, 5.74) is 3.34. The van der Waals surface area contributed by atoms with Gasteiger partial charge in [0, 0.05) is 13.1 Å². The second-order valence-corrected chi connectivity index (χ2v) is 7.52. The van der Waals surface area contributed by atoms with E-state index in [2.05, 4.69) is 15.6 Å². The van der Waals surface area contributed by atoms with Crippen molar-refractivity contribution < 1.29 is 9.47 Å². The average molecular weight is 436 g/mol. The molecule has 0 saturated heterocycles. The molecule has 1 aromatic heterocycles. The molecule has 0 saturated carbocycles. The van der Waals surface area contributed by atoms with E-state index in [0.717, 1.165) is 34.0 Å². The first kappa shape index (κ1) is 20.3. The van der Waals surface area contributed by atoms with Crippen LogP contribution < -0.4 is 20.1 Å². The van der Waals surface area contributed by atoms with Crippen molar-refractivity contribution in [3.8, 4) is 11.5 Å². The minimum absolute atomic E-state index is 0.343. The SMILES string of the molecule is S=C1NCCNC(=S)c2ccccc2OCc2cccc(n2)COc2ccccc21. The van der Waals surface area contributed by atoms with E-state index in [1.54, 1.807) is 0 Å². The summed E-state index contributed by atoms with van der Waals surface area (Å²) in [6.45, 7) is 1.93. The Kier molecular flexibility index (Phi) is 6.51. The third-order valence-electron chi connectivity index (χ3n) is 4.58. The molecular weight excluding hydrogens is 414 g/mol. The largest absolute Gasteiger partial charge is 0.487 e. The third-order valence-corrected chi connectivity index (χ3v) is 5.30. The molecule has 2 N–H and O–H groups in total. The lowest BCUT2D eigenvalue weighted by molar-refractivity contribution is 0.289. The number of rotatable bonds is 0. The van der Waals surface area contributed by atoms with Crippen LogP contribution in [-0.2, 0) is 13.2 Å². The molecule has 0 fully saturated rings. The number of benzene rings is 2. The Labute approximate surface area is 186 Å². The Hall–Kier alpha value is -3.03. The van der Waals surface area contributed by atoms with Crippen molar-refractivity contribution in [2.45, 2.75) is 13.2 Å². The van der Waals surface area contributed by atoms with Crippen molar-refractivity contribution in [2.24, 2.45) is 0 Å². The van der Waals surface area contributed by atoms with Crippen LogP contribution in [0.25, 0.3) is 0 Å². The summed E-state index contributed by atoms with van der Waals surface area (Å²) in [6.07, 6.45) is 0. The molecule has 0 spiro atoms. The number of hydrogen-bond acceptors (Lipinski definition) is 5. The van der Waals surface area contributed by atoms with Crippen LogP contribution in [0.15, 0.2) is 66.7 Å². The molecule has 30 heavy (non-hydrogen) atoms. The number of fused-ring (bicyclic) bond motifs is 4. The molecule has 0 atom stereocenters. The zero-order valence-corrected chi connectivity index (χ0v) is 17.9. The fraction of sp³-hybridized carbons (Fsp3) is 0.174. The van der Waals surface area contributed by atoms with E-state index in [0.29, 0.717) is 36.3 Å². The molecule has 2 heterocycles. The number of ether oxygens (including phenoxy) is 2. The molecule has 1 aliphatic rings. The van der Waals surface area contributed by atoms with Crippen molar-refractivity contribution in [3.05, 3.63) is 89.2 Å². The van der Waals surface area contributed by atoms with Gasteiger partial charge < -0.3 is 20.1 Å². The zero-order chi connectivity index (χ0) is 20.8. The fourth-order valence-electron chi connectivity index (χ4n) is 3.10. The number of pyridine rings is 1. The number of nitrogens with zero attached hydrogens (tertiary/aromatic N) is 1. The van der Waals surface area contributed by atoms with E-state index in [-0.39, 0.29) is 0 Å². The van der Waals surface area contributed by atoms with Crippen molar-refractivity contribution >= 4 is 34.4 Å². The first-order valence-corrected chi connectivity index (χ1v) is 10.5. The highest BCUT2D eigenvalue weighted by Gasteiger charge is 2.12. The molecule has 5 nitrogen and oxygen atoms in total. The highest BCUT2D eigenvalue weighted by molar-refractivity contribution is 7.81. The molecule has 1 aliphatic heterocycles. The van der Waals surface area contributed by atoms with Crippen LogP contribution in [0.4, 0.5) is 0 Å². The monoisotopic (exact) mass is 435 g/mol. The maximum Gasteiger partial charge on any atom is 0.130 e. The summed E-state index contributed by atoms with van der Waals surface area (Å²) in [5, 5.41) is 6.53. The maximum atomic E-state index is 6.03. The van der Waals surface area contributed by atoms with Crippen LogP contribution in [-0.4, -0.2) is 28.1 Å². The number of thiocarbonyl (C=S) groups is 2. The lowest BCUT2D eigenvalue weighted by atomic mass is 10.2. The van der Waals surface area contributed by atoms with Crippen LogP contribution in [0, 0.1) is 0 Å². The van der Waals surface area contributed by atoms with E-state index in [4.69, 9.17) is 33.9 Å². The summed E-state index contributed by atoms with van der Waals surface area (Å²) in [6, 6.07) is 21.3. The molecule has 2 bridgehead atoms. The Morgan fingerprint density at radius 1 is 0.633 bits per heavy atom. The normalized spacial score (nSPS) is 14.7. The van der Waals surface area contributed by atoms with E-state index in [1.165, 1.54) is 0 Å². The van der Waals surface area contributed by atoms with Crippen molar-refractivity contribution in [1.82, 2.24) is 15.6 Å². The topological polar surface area (TPSA) is 55.4 Å². The molecule has 152 valence electrons. The minimum atomic E-state index is 0.343. The predicted octanol–water partition coefficient (Wildman–Crippen LogP) is 3.78. The van der Waals surface area contributed by atoms with E-state index >= 15 is 0 Å². The number of aromatic nitrogens is 1. The zero-order valence-electron chi connectivity index (χ0n) is 16.3. The fourth-order valence-corrected chi connectivity index (χ4v) is 3.64. The maximum absolute atomic E-state index is 6.03. The lowest BCUT2D eigenvalue weighted by Crippen LogP contribution is -2.34. The van der Waals surface area contributed by atoms with Gasteiger partial charge in [-0.2, -0.15) is 0 Å². The lowest BCUT2D eigenvalue weighted by Gasteiger charge is -2.15. The number of hydrogen-bond donors (Lipinski definition) is 2. The van der Waals surface area contributed by atoms with Gasteiger partial charge in [0.25, 0.3) is 0 Å². The molecule has 0 amide bonds. The Bertz CT molecular complexity index is 991. The molecule has 0 aliphatic carbocycles. The van der Waals surface area contributed by atoms with Crippen LogP contribution in [0.2, 0.25) is 0 Å². The van der Waals surface area contributed by atoms with Gasteiger partial charge in [-0.15, -0.1) is 0 Å². The van der Waals surface area contributed by atoms with Gasteiger partial charge in [0.05, 0.1) is 22.5 Å². The van der Waals surface area contributed by atoms with Crippen molar-refractivity contribution in [3.63, 3.8) is 0 Å². The first-order valence-electron chi connectivity index (χ1n) is 9.65. The van der Waals surface area contributed by atoms with Gasteiger partial charge in [-0.05, 0) is 36.4 Å². The molecule has 3 aromatic rings. The highest BCUT2D eigenvalue weighted by Crippen LogP contribution is 2.21. The minimum Gasteiger partial charge on any atom is -0.487 e. The summed E-state index contributed by atoms with van der Waals surface area (Å²) < 4.78 is 12.1. The molecule has 0 unspecified atom stereocenters. The van der Waals surface area contributed by atoms with Gasteiger partial charge in [0.2, 0.25) is 0 Å². The average Bonchev–Trinajstić information content (AvgIpc) is 2.79. The van der Waals surface area contributed by atoms with Gasteiger partial charge in [-0.3, -0.25) is 4.98 Å². The van der Waals surface area contributed by atoms with Crippen molar-refractivity contribution in [1.29, 1.82) is 0 Å². The highest BCUT2D eigenvalue weighted by atomic mass is 32.1. The molecule has 4 rings (SSSR count). The summed E-state index contributed by atoms with van der Waals surface area (Å²) in [4.78, 5) is 5.92. The van der Waals surface area contributed by atoms with Crippen molar-refractivity contribution in [2.75, 3.05) is 13.1 Å². The van der Waals surface area contributed by atoms with Crippen LogP contribution in [0.3, 0.4) is 0 Å². The third kappa shape index (κ3) is 4.93. The quantitative estimate of drug-likeness (QED) is 0.521. The smallest absolute Gasteiger partial charge is 0.130 e. The molecule has 7 heteroatoms. The van der Waals surface area contributed by atoms with Gasteiger partial charge in [0.1, 0.15) is 34.7 Å². The van der Waals surface area contributed by atoms with Gasteiger partial charge in [-0.25, -0.2) is 0 Å². The standard InChI is InChI=1S/C23H21N3O2S2/c29-22-18-8-1-3-10-20(18)27-14-16-6-5-7-17(26-16)15-28-21-11-4-2-9-19(21)23(30)25-13-12-24-22/h1-11H,12-15H2,(H,24,29)(H,25,30). The van der Waals surface area contributed by atoms with Gasteiger partial charge in [-0.1, -0.05) is 54.8 Å². The van der Waals surface area contributed by atoms with Crippen LogP contribution in [0.5, 0.6) is 11.5 Å². The van der Waals surface area contributed by atoms with Crippen LogP contribution >= 0.6 is 24.4 Å². The Balaban J connectivity index is 1.63. The second kappa shape index (κ2) is 9.65. The Morgan fingerprint density at radius 2 is 1.10 bits per heavy atom. The van der Waals surface area contributed by atoms with Crippen LogP contribution in [0.1, 0.15) is 22.5 Å². The van der Waals surface area contributed by atoms with Gasteiger partial charge >= 0.3 is 0 Å². The number of para-hydroxylation sites is 2. The Morgan fingerprint density at radius 3 is 1.60 bits per heavy atom. The van der Waals surface area contributed by atoms with E-state index < -0.39 is 0 Å². The predicted molar refractivity (Wildman–Crippen MR) is 125 cm³/mol. The summed E-state index contributed by atoms with van der Waals surface area (Å²) >= 11 is 11.2. The van der Waals surface area contributed by atoms with E-state index in [1.807, 2.05) is 66.7 Å². The molecular formula is C23H21N3O2S2. The van der Waals surface area contributed by atoms with E-state index in [9.17, 15) is 0 Å². The molecule has 2 aromatic carbocycles. The summed E-state index contributed by atoms with van der Waals surface area (Å²) in [7, 11) is 0. The first-order chi connectivity index (χ1) is 14.7. The number of nitrogens with one attached hydrogen (secondary N) is 2. The molecule has 0 radical (unpaired) electrons.